The summed E-state index contributed by atoms with van der Waals surface area (Å²) in [6.45, 7) is 2.44. The van der Waals surface area contributed by atoms with Crippen LogP contribution < -0.4 is 0 Å². The molecule has 0 amide bonds. The number of ether oxygens (including phenoxy) is 1. The van der Waals surface area contributed by atoms with Crippen molar-refractivity contribution in [1.82, 2.24) is 0 Å². The van der Waals surface area contributed by atoms with Gasteiger partial charge in [0.1, 0.15) is 0 Å². The Morgan fingerprint density at radius 3 is 2.27 bits per heavy atom. The molecule has 0 aliphatic rings. The molecule has 0 heterocycles. The van der Waals surface area contributed by atoms with E-state index in [4.69, 9.17) is 5.41 Å². The summed E-state index contributed by atoms with van der Waals surface area (Å²) >= 11 is 0. The minimum absolute atomic E-state index is 0.181. The zero-order valence-electron chi connectivity index (χ0n) is 6.33. The molecule has 0 aromatic carbocycles. The Balaban J connectivity index is 3.87. The molecule has 0 radical (unpaired) electrons. The first-order valence-corrected chi connectivity index (χ1v) is 3.18. The minimum Gasteiger partial charge on any atom is -0.469 e. The maximum Gasteiger partial charge on any atom is 0.425 e. The topological polar surface area (TPSA) is 33.1 Å². The number of alkyl halides is 3. The quantitative estimate of drug-likeness (QED) is 0.499. The third kappa shape index (κ3) is 3.85. The van der Waals surface area contributed by atoms with Crippen LogP contribution in [-0.2, 0) is 4.74 Å². The molecule has 0 aromatic heterocycles. The molecule has 2 nitrogen and oxygen atoms in total. The second-order valence-corrected chi connectivity index (χ2v) is 2.08. The second-order valence-electron chi connectivity index (χ2n) is 2.08. The standard InChI is InChI=1S/C6H10F3NO/c1-3-5(10)11-4(2)6(7,8)9/h4,10H,3H2,1-2H3/t4-/m0/s1. The van der Waals surface area contributed by atoms with Crippen LogP contribution in [0.4, 0.5) is 13.2 Å². The molecule has 1 N–H and O–H groups in total. The highest BCUT2D eigenvalue weighted by Gasteiger charge is 2.38. The summed E-state index contributed by atoms with van der Waals surface area (Å²) in [6.07, 6.45) is -6.07. The average molecular weight is 169 g/mol. The molecule has 0 rings (SSSR count). The van der Waals surface area contributed by atoms with Crippen molar-refractivity contribution in [3.63, 3.8) is 0 Å². The first-order chi connectivity index (χ1) is 4.88. The summed E-state index contributed by atoms with van der Waals surface area (Å²) in [5.41, 5.74) is 0. The van der Waals surface area contributed by atoms with Crippen molar-refractivity contribution in [1.29, 1.82) is 5.41 Å². The summed E-state index contributed by atoms with van der Waals surface area (Å²) in [4.78, 5) is 0. The zero-order valence-corrected chi connectivity index (χ0v) is 6.33. The van der Waals surface area contributed by atoms with Crippen molar-refractivity contribution in [2.45, 2.75) is 32.5 Å². The van der Waals surface area contributed by atoms with Crippen molar-refractivity contribution in [3.8, 4) is 0 Å². The molecule has 66 valence electrons. The van der Waals surface area contributed by atoms with Crippen LogP contribution in [0.25, 0.3) is 0 Å². The van der Waals surface area contributed by atoms with E-state index in [1.54, 1.807) is 6.92 Å². The van der Waals surface area contributed by atoms with Crippen LogP contribution in [0.2, 0.25) is 0 Å². The molecule has 0 fully saturated rings. The fourth-order valence-corrected chi connectivity index (χ4v) is 0.364. The Kier molecular flexibility index (Phi) is 3.35. The van der Waals surface area contributed by atoms with E-state index in [2.05, 4.69) is 4.74 Å². The van der Waals surface area contributed by atoms with Gasteiger partial charge in [0, 0.05) is 6.42 Å². The third-order valence-corrected chi connectivity index (χ3v) is 1.10. The van der Waals surface area contributed by atoms with E-state index in [1.165, 1.54) is 0 Å². The van der Waals surface area contributed by atoms with Crippen LogP contribution in [0, 0.1) is 5.41 Å². The van der Waals surface area contributed by atoms with Gasteiger partial charge in [-0.1, -0.05) is 6.92 Å². The van der Waals surface area contributed by atoms with Gasteiger partial charge in [0.25, 0.3) is 0 Å². The van der Waals surface area contributed by atoms with Crippen LogP contribution in [0.15, 0.2) is 0 Å². The highest BCUT2D eigenvalue weighted by molar-refractivity contribution is 5.72. The van der Waals surface area contributed by atoms with E-state index < -0.39 is 12.3 Å². The number of hydrogen-bond donors (Lipinski definition) is 1. The van der Waals surface area contributed by atoms with Crippen molar-refractivity contribution >= 4 is 5.90 Å². The van der Waals surface area contributed by atoms with E-state index in [1.807, 2.05) is 0 Å². The van der Waals surface area contributed by atoms with Crippen molar-refractivity contribution in [3.05, 3.63) is 0 Å². The molecule has 0 saturated carbocycles. The van der Waals surface area contributed by atoms with Crippen molar-refractivity contribution in [2.24, 2.45) is 0 Å². The molecule has 11 heavy (non-hydrogen) atoms. The van der Waals surface area contributed by atoms with Crippen LogP contribution in [0.5, 0.6) is 0 Å². The number of hydrogen-bond acceptors (Lipinski definition) is 2. The van der Waals surface area contributed by atoms with Crippen LogP contribution in [0.1, 0.15) is 20.3 Å². The molecule has 5 heteroatoms. The van der Waals surface area contributed by atoms with E-state index in [9.17, 15) is 13.2 Å². The molecule has 0 aliphatic heterocycles. The molecule has 0 spiro atoms. The van der Waals surface area contributed by atoms with Crippen molar-refractivity contribution in [2.75, 3.05) is 0 Å². The largest absolute Gasteiger partial charge is 0.469 e. The molecule has 0 aromatic rings. The van der Waals surface area contributed by atoms with Gasteiger partial charge in [-0.05, 0) is 6.92 Å². The molecule has 0 saturated heterocycles. The first kappa shape index (κ1) is 10.3. The normalized spacial score (nSPS) is 14.3. The van der Waals surface area contributed by atoms with Gasteiger partial charge in [-0.25, -0.2) is 0 Å². The monoisotopic (exact) mass is 169 g/mol. The van der Waals surface area contributed by atoms with Gasteiger partial charge in [0.15, 0.2) is 12.0 Å². The van der Waals surface area contributed by atoms with Crippen molar-refractivity contribution < 1.29 is 17.9 Å². The SMILES string of the molecule is CCC(=N)O[C@@H](C)C(F)(F)F. The molecule has 0 unspecified atom stereocenters. The molecule has 1 atom stereocenters. The molecular weight excluding hydrogens is 159 g/mol. The number of halogens is 3. The number of rotatable bonds is 2. The fourth-order valence-electron chi connectivity index (χ4n) is 0.364. The lowest BCUT2D eigenvalue weighted by Crippen LogP contribution is -2.30. The maximum absolute atomic E-state index is 11.7. The van der Waals surface area contributed by atoms with Crippen LogP contribution in [0.3, 0.4) is 0 Å². The fraction of sp³-hybridized carbons (Fsp3) is 0.833. The highest BCUT2D eigenvalue weighted by atomic mass is 19.4. The Hall–Kier alpha value is -0.740. The smallest absolute Gasteiger partial charge is 0.425 e. The first-order valence-electron chi connectivity index (χ1n) is 3.18. The van der Waals surface area contributed by atoms with Gasteiger partial charge >= 0.3 is 6.18 Å². The summed E-state index contributed by atoms with van der Waals surface area (Å²) in [7, 11) is 0. The molecule has 0 bridgehead atoms. The lowest BCUT2D eigenvalue weighted by atomic mass is 10.4. The third-order valence-electron chi connectivity index (χ3n) is 1.10. The van der Waals surface area contributed by atoms with Gasteiger partial charge in [-0.3, -0.25) is 5.41 Å². The van der Waals surface area contributed by atoms with E-state index >= 15 is 0 Å². The van der Waals surface area contributed by atoms with Gasteiger partial charge in [0.2, 0.25) is 0 Å². The van der Waals surface area contributed by atoms with E-state index in [0.29, 0.717) is 0 Å². The Labute approximate surface area is 62.9 Å². The van der Waals surface area contributed by atoms with Gasteiger partial charge in [0.05, 0.1) is 0 Å². The maximum atomic E-state index is 11.7. The summed E-state index contributed by atoms with van der Waals surface area (Å²) < 4.78 is 39.4. The van der Waals surface area contributed by atoms with Gasteiger partial charge in [-0.2, -0.15) is 13.2 Å². The Morgan fingerprint density at radius 1 is 1.55 bits per heavy atom. The molecular formula is C6H10F3NO. The lowest BCUT2D eigenvalue weighted by Gasteiger charge is -2.16. The van der Waals surface area contributed by atoms with Crippen LogP contribution >= 0.6 is 0 Å². The summed E-state index contributed by atoms with van der Waals surface area (Å²) in [6, 6.07) is 0. The highest BCUT2D eigenvalue weighted by Crippen LogP contribution is 2.22. The lowest BCUT2D eigenvalue weighted by molar-refractivity contribution is -0.193. The molecule has 0 aliphatic carbocycles. The number of nitrogens with one attached hydrogen (secondary N) is 1. The van der Waals surface area contributed by atoms with Gasteiger partial charge in [-0.15, -0.1) is 0 Å². The van der Waals surface area contributed by atoms with Gasteiger partial charge < -0.3 is 4.74 Å². The minimum atomic E-state index is -4.37. The predicted octanol–water partition coefficient (Wildman–Crippen LogP) is 2.34. The van der Waals surface area contributed by atoms with Crippen LogP contribution in [-0.4, -0.2) is 18.2 Å². The zero-order chi connectivity index (χ0) is 9.07. The summed E-state index contributed by atoms with van der Waals surface area (Å²) in [5.74, 6) is -0.338. The van der Waals surface area contributed by atoms with E-state index in [-0.39, 0.29) is 12.3 Å². The predicted molar refractivity (Wildman–Crippen MR) is 34.6 cm³/mol. The average Bonchev–Trinajstić information content (AvgIpc) is 1.85. The Morgan fingerprint density at radius 2 is 2.00 bits per heavy atom. The second kappa shape index (κ2) is 3.59. The van der Waals surface area contributed by atoms with E-state index in [0.717, 1.165) is 6.92 Å². The summed E-state index contributed by atoms with van der Waals surface area (Å²) in [5, 5.41) is 6.83. The Bertz CT molecular complexity index is 143.